The lowest BCUT2D eigenvalue weighted by molar-refractivity contribution is 0.319. The van der Waals surface area contributed by atoms with E-state index in [-0.39, 0.29) is 15.7 Å². The Bertz CT molecular complexity index is 995. The Hall–Kier alpha value is -1.86. The normalized spacial score (nSPS) is 12.0. The van der Waals surface area contributed by atoms with Gasteiger partial charge < -0.3 is 4.74 Å². The molecule has 0 saturated carbocycles. The first-order valence-electron chi connectivity index (χ1n) is 8.46. The van der Waals surface area contributed by atoms with E-state index < -0.39 is 9.84 Å². The average Bonchev–Trinajstić information content (AvgIpc) is 3.03. The molecule has 0 spiro atoms. The monoisotopic (exact) mass is 436 g/mol. The zero-order chi connectivity index (χ0) is 18.7. The Morgan fingerprint density at radius 2 is 1.88 bits per heavy atom. The predicted molar refractivity (Wildman–Crippen MR) is 105 cm³/mol. The Morgan fingerprint density at radius 3 is 2.54 bits per heavy atom. The van der Waals surface area contributed by atoms with Crippen LogP contribution in [0.4, 0.5) is 0 Å². The van der Waals surface area contributed by atoms with Crippen LogP contribution in [0.1, 0.15) is 31.9 Å². The van der Waals surface area contributed by atoms with Crippen molar-refractivity contribution in [2.75, 3.05) is 11.9 Å². The Kier molecular flexibility index (Phi) is 5.67. The highest BCUT2D eigenvalue weighted by Crippen LogP contribution is 2.32. The van der Waals surface area contributed by atoms with Crippen molar-refractivity contribution >= 4 is 31.3 Å². The molecule has 2 heterocycles. The highest BCUT2D eigenvalue weighted by molar-refractivity contribution is 9.09. The van der Waals surface area contributed by atoms with E-state index in [1.165, 1.54) is 0 Å². The van der Waals surface area contributed by atoms with E-state index in [4.69, 9.17) is 4.74 Å². The molecule has 26 heavy (non-hydrogen) atoms. The first kappa shape index (κ1) is 18.9. The second-order valence-electron chi connectivity index (χ2n) is 6.27. The number of hydrogen-bond acceptors (Lipinski definition) is 4. The molecule has 0 N–H and O–H groups in total. The van der Waals surface area contributed by atoms with E-state index >= 15 is 0 Å². The van der Waals surface area contributed by atoms with Crippen LogP contribution in [0.3, 0.4) is 0 Å². The number of pyridine rings is 1. The van der Waals surface area contributed by atoms with Crippen LogP contribution in [0, 0.1) is 0 Å². The maximum Gasteiger partial charge on any atom is 0.210 e. The Morgan fingerprint density at radius 1 is 1.15 bits per heavy atom. The van der Waals surface area contributed by atoms with Crippen LogP contribution in [-0.2, 0) is 9.84 Å². The summed E-state index contributed by atoms with van der Waals surface area (Å²) in [5.74, 6) is 0.653. The molecular formula is C19H21BrN2O3S. The molecule has 0 atom stereocenters. The van der Waals surface area contributed by atoms with E-state index in [2.05, 4.69) is 21.0 Å². The second-order valence-corrected chi connectivity index (χ2v) is 8.94. The molecule has 0 saturated heterocycles. The fraction of sp³-hybridized carbons (Fsp3) is 0.316. The Labute approximate surface area is 162 Å². The summed E-state index contributed by atoms with van der Waals surface area (Å²) < 4.78 is 33.8. The van der Waals surface area contributed by atoms with Crippen molar-refractivity contribution in [1.82, 2.24) is 9.61 Å². The fourth-order valence-corrected chi connectivity index (χ4v) is 4.67. The van der Waals surface area contributed by atoms with Gasteiger partial charge >= 0.3 is 0 Å². The number of halogens is 1. The summed E-state index contributed by atoms with van der Waals surface area (Å²) in [5, 5.41) is 5.35. The lowest BCUT2D eigenvalue weighted by atomic mass is 10.1. The maximum atomic E-state index is 13.3. The molecule has 0 aliphatic heterocycles. The molecule has 0 aliphatic carbocycles. The van der Waals surface area contributed by atoms with E-state index in [1.54, 1.807) is 41.0 Å². The molecule has 7 heteroatoms. The molecule has 3 rings (SSSR count). The van der Waals surface area contributed by atoms with Gasteiger partial charge in [-0.15, -0.1) is 0 Å². The highest BCUT2D eigenvalue weighted by Gasteiger charge is 2.28. The summed E-state index contributed by atoms with van der Waals surface area (Å²) in [6, 6.07) is 12.0. The number of rotatable bonds is 7. The van der Waals surface area contributed by atoms with Gasteiger partial charge in [-0.05, 0) is 48.7 Å². The minimum Gasteiger partial charge on any atom is -0.494 e. The van der Waals surface area contributed by atoms with E-state index in [0.29, 0.717) is 23.6 Å². The van der Waals surface area contributed by atoms with Gasteiger partial charge in [0.1, 0.15) is 10.6 Å². The van der Waals surface area contributed by atoms with Crippen LogP contribution < -0.4 is 4.74 Å². The molecule has 0 aliphatic rings. The van der Waals surface area contributed by atoms with Crippen molar-refractivity contribution in [3.63, 3.8) is 0 Å². The molecule has 0 radical (unpaired) electrons. The quantitative estimate of drug-likeness (QED) is 0.405. The third-order valence-corrected chi connectivity index (χ3v) is 6.43. The van der Waals surface area contributed by atoms with Crippen molar-refractivity contribution in [1.29, 1.82) is 0 Å². The number of hydrogen-bond donors (Lipinski definition) is 0. The molecule has 0 amide bonds. The minimum atomic E-state index is -3.69. The number of nitrogens with zero attached hydrogens (tertiary/aromatic N) is 2. The lowest BCUT2D eigenvalue weighted by Crippen LogP contribution is -2.06. The van der Waals surface area contributed by atoms with E-state index in [9.17, 15) is 8.42 Å². The van der Waals surface area contributed by atoms with Crippen LogP contribution in [0.5, 0.6) is 5.75 Å². The van der Waals surface area contributed by atoms with Crippen LogP contribution in [0.15, 0.2) is 58.5 Å². The molecule has 3 aromatic rings. The molecule has 0 bridgehead atoms. The summed E-state index contributed by atoms with van der Waals surface area (Å²) in [5.41, 5.74) is 1.17. The lowest BCUT2D eigenvalue weighted by Gasteiger charge is -2.09. The van der Waals surface area contributed by atoms with Gasteiger partial charge in [-0.1, -0.05) is 35.8 Å². The largest absolute Gasteiger partial charge is 0.494 e. The number of alkyl halides is 1. The second kappa shape index (κ2) is 7.80. The smallest absolute Gasteiger partial charge is 0.210 e. The SMILES string of the molecule is CC(C)c1nn2ccccc2c1S(=O)(=O)c1ccc(OCCCBr)cc1. The summed E-state index contributed by atoms with van der Waals surface area (Å²) in [7, 11) is -3.69. The van der Waals surface area contributed by atoms with Crippen molar-refractivity contribution in [2.24, 2.45) is 0 Å². The molecular weight excluding hydrogens is 416 g/mol. The van der Waals surface area contributed by atoms with E-state index in [1.807, 2.05) is 26.0 Å². The summed E-state index contributed by atoms with van der Waals surface area (Å²) >= 11 is 3.35. The molecule has 138 valence electrons. The van der Waals surface area contributed by atoms with Gasteiger partial charge in [-0.3, -0.25) is 0 Å². The zero-order valence-electron chi connectivity index (χ0n) is 14.7. The van der Waals surface area contributed by atoms with Gasteiger partial charge in [0.15, 0.2) is 0 Å². The number of ether oxygens (including phenoxy) is 1. The van der Waals surface area contributed by atoms with Crippen LogP contribution >= 0.6 is 15.9 Å². The van der Waals surface area contributed by atoms with Crippen LogP contribution in [-0.4, -0.2) is 30.0 Å². The average molecular weight is 437 g/mol. The summed E-state index contributed by atoms with van der Waals surface area (Å²) in [6.07, 6.45) is 2.65. The van der Waals surface area contributed by atoms with Crippen molar-refractivity contribution in [3.8, 4) is 5.75 Å². The standard InChI is InChI=1S/C19H21BrN2O3S/c1-14(2)18-19(17-6-3-4-12-22(17)21-18)26(23,24)16-9-7-15(8-10-16)25-13-5-11-20/h3-4,6-10,12,14H,5,11,13H2,1-2H3. The maximum absolute atomic E-state index is 13.3. The number of fused-ring (bicyclic) bond motifs is 1. The van der Waals surface area contributed by atoms with Crippen LogP contribution in [0.2, 0.25) is 0 Å². The third-order valence-electron chi connectivity index (χ3n) is 4.02. The predicted octanol–water partition coefficient (Wildman–Crippen LogP) is 4.45. The fourth-order valence-electron chi connectivity index (χ4n) is 2.72. The van der Waals surface area contributed by atoms with Gasteiger partial charge in [0.2, 0.25) is 9.84 Å². The van der Waals surface area contributed by atoms with Crippen molar-refractivity contribution in [3.05, 3.63) is 54.4 Å². The highest BCUT2D eigenvalue weighted by atomic mass is 79.9. The molecule has 5 nitrogen and oxygen atoms in total. The summed E-state index contributed by atoms with van der Waals surface area (Å²) in [6.45, 7) is 4.48. The molecule has 0 fully saturated rings. The van der Waals surface area contributed by atoms with Gasteiger partial charge in [0.05, 0.1) is 22.7 Å². The third kappa shape index (κ3) is 3.64. The number of sulfone groups is 1. The molecule has 0 unspecified atom stereocenters. The first-order valence-corrected chi connectivity index (χ1v) is 11.1. The topological polar surface area (TPSA) is 60.7 Å². The van der Waals surface area contributed by atoms with Gasteiger partial charge in [0, 0.05) is 11.5 Å². The van der Waals surface area contributed by atoms with Gasteiger partial charge in [-0.2, -0.15) is 5.10 Å². The Balaban J connectivity index is 2.03. The van der Waals surface area contributed by atoms with Gasteiger partial charge in [-0.25, -0.2) is 12.9 Å². The van der Waals surface area contributed by atoms with E-state index in [0.717, 1.165) is 11.8 Å². The van der Waals surface area contributed by atoms with Crippen molar-refractivity contribution < 1.29 is 13.2 Å². The number of benzene rings is 1. The molecule has 1 aromatic carbocycles. The van der Waals surface area contributed by atoms with Crippen LogP contribution in [0.25, 0.3) is 5.52 Å². The molecule has 2 aromatic heterocycles. The number of aromatic nitrogens is 2. The van der Waals surface area contributed by atoms with Gasteiger partial charge in [0.25, 0.3) is 0 Å². The first-order chi connectivity index (χ1) is 12.4. The summed E-state index contributed by atoms with van der Waals surface area (Å²) in [4.78, 5) is 0.520. The zero-order valence-corrected chi connectivity index (χ0v) is 17.1. The van der Waals surface area contributed by atoms with Crippen molar-refractivity contribution in [2.45, 2.75) is 36.0 Å². The minimum absolute atomic E-state index is 0.00784.